The molecule has 84 valence electrons. The van der Waals surface area contributed by atoms with Crippen LogP contribution in [0.2, 0.25) is 0 Å². The molecule has 4 heteroatoms. The molecule has 0 amide bonds. The van der Waals surface area contributed by atoms with Crippen molar-refractivity contribution in [2.75, 3.05) is 6.54 Å². The zero-order chi connectivity index (χ0) is 10.7. The molecule has 15 heavy (non-hydrogen) atoms. The Morgan fingerprint density at radius 3 is 2.80 bits per heavy atom. The van der Waals surface area contributed by atoms with Gasteiger partial charge in [-0.15, -0.1) is 0 Å². The summed E-state index contributed by atoms with van der Waals surface area (Å²) in [5, 5.41) is 7.55. The van der Waals surface area contributed by atoms with Gasteiger partial charge in [0, 0.05) is 13.6 Å². The quantitative estimate of drug-likeness (QED) is 0.797. The van der Waals surface area contributed by atoms with E-state index in [1.54, 1.807) is 6.33 Å². The lowest BCUT2D eigenvalue weighted by molar-refractivity contribution is 0.123. The predicted octanol–water partition coefficient (Wildman–Crippen LogP) is 1.48. The Morgan fingerprint density at radius 2 is 2.33 bits per heavy atom. The highest BCUT2D eigenvalue weighted by Crippen LogP contribution is 2.42. The number of hydrogen-bond acceptors (Lipinski definition) is 3. The largest absolute Gasteiger partial charge is 0.309 e. The molecule has 0 saturated heterocycles. The molecule has 4 nitrogen and oxygen atoms in total. The van der Waals surface area contributed by atoms with Crippen molar-refractivity contribution in [1.29, 1.82) is 0 Å². The van der Waals surface area contributed by atoms with Gasteiger partial charge >= 0.3 is 0 Å². The van der Waals surface area contributed by atoms with Crippen molar-refractivity contribution in [3.8, 4) is 0 Å². The summed E-state index contributed by atoms with van der Waals surface area (Å²) in [6, 6.07) is 0. The van der Waals surface area contributed by atoms with Gasteiger partial charge < -0.3 is 5.32 Å². The van der Waals surface area contributed by atoms with Gasteiger partial charge in [-0.05, 0) is 24.7 Å². The van der Waals surface area contributed by atoms with Crippen LogP contribution < -0.4 is 5.32 Å². The Kier molecular flexibility index (Phi) is 3.05. The molecule has 0 radical (unpaired) electrons. The van der Waals surface area contributed by atoms with E-state index in [4.69, 9.17) is 0 Å². The van der Waals surface area contributed by atoms with E-state index in [-0.39, 0.29) is 0 Å². The minimum Gasteiger partial charge on any atom is -0.309 e. The van der Waals surface area contributed by atoms with Gasteiger partial charge in [0.1, 0.15) is 12.2 Å². The second kappa shape index (κ2) is 4.31. The fraction of sp³-hybridized carbons (Fsp3) is 0.818. The van der Waals surface area contributed by atoms with E-state index in [1.807, 2.05) is 11.7 Å². The van der Waals surface area contributed by atoms with Crippen molar-refractivity contribution in [2.45, 2.75) is 39.2 Å². The lowest BCUT2D eigenvalue weighted by Gasteiger charge is -2.41. The van der Waals surface area contributed by atoms with Gasteiger partial charge in [0.15, 0.2) is 0 Å². The summed E-state index contributed by atoms with van der Waals surface area (Å²) in [5.41, 5.74) is 0.582. The molecule has 1 aliphatic carbocycles. The standard InChI is InChI=1S/C11H20N4/c1-3-11(5-4-6-11)8-12-7-10-13-9-14-15(10)2/h9,12H,3-8H2,1-2H3. The summed E-state index contributed by atoms with van der Waals surface area (Å²) in [4.78, 5) is 4.19. The van der Waals surface area contributed by atoms with Crippen LogP contribution in [0.3, 0.4) is 0 Å². The fourth-order valence-electron chi connectivity index (χ4n) is 2.25. The molecule has 0 aliphatic heterocycles. The second-order valence-corrected chi connectivity index (χ2v) is 4.61. The van der Waals surface area contributed by atoms with E-state index in [0.717, 1.165) is 18.9 Å². The van der Waals surface area contributed by atoms with Crippen LogP contribution in [0.25, 0.3) is 0 Å². The number of aryl methyl sites for hydroxylation is 1. The molecule has 0 atom stereocenters. The Balaban J connectivity index is 1.77. The second-order valence-electron chi connectivity index (χ2n) is 4.61. The Morgan fingerprint density at radius 1 is 1.53 bits per heavy atom. The van der Waals surface area contributed by atoms with E-state index >= 15 is 0 Å². The molecule has 1 fully saturated rings. The summed E-state index contributed by atoms with van der Waals surface area (Å²) >= 11 is 0. The topological polar surface area (TPSA) is 42.7 Å². The number of aromatic nitrogens is 3. The molecule has 0 bridgehead atoms. The van der Waals surface area contributed by atoms with Gasteiger partial charge in [-0.25, -0.2) is 4.98 Å². The van der Waals surface area contributed by atoms with Crippen molar-refractivity contribution in [3.63, 3.8) is 0 Å². The molecular formula is C11H20N4. The van der Waals surface area contributed by atoms with Crippen LogP contribution in [0.4, 0.5) is 0 Å². The lowest BCUT2D eigenvalue weighted by Crippen LogP contribution is -2.39. The minimum atomic E-state index is 0.582. The van der Waals surface area contributed by atoms with Crippen LogP contribution in [-0.2, 0) is 13.6 Å². The number of nitrogens with zero attached hydrogens (tertiary/aromatic N) is 3. The molecule has 0 aromatic carbocycles. The molecule has 1 aromatic heterocycles. The highest BCUT2D eigenvalue weighted by Gasteiger charge is 2.34. The number of hydrogen-bond donors (Lipinski definition) is 1. The molecule has 1 aromatic rings. The molecule has 1 aliphatic rings. The van der Waals surface area contributed by atoms with Gasteiger partial charge in [-0.1, -0.05) is 13.3 Å². The maximum absolute atomic E-state index is 4.19. The van der Waals surface area contributed by atoms with Crippen molar-refractivity contribution < 1.29 is 0 Å². The van der Waals surface area contributed by atoms with Crippen LogP contribution >= 0.6 is 0 Å². The Labute approximate surface area is 91.1 Å². The first kappa shape index (κ1) is 10.6. The van der Waals surface area contributed by atoms with Gasteiger partial charge in [-0.3, -0.25) is 4.68 Å². The molecular weight excluding hydrogens is 188 g/mol. The highest BCUT2D eigenvalue weighted by atomic mass is 15.3. The van der Waals surface area contributed by atoms with Crippen LogP contribution in [0.1, 0.15) is 38.4 Å². The van der Waals surface area contributed by atoms with Gasteiger partial charge in [0.25, 0.3) is 0 Å². The van der Waals surface area contributed by atoms with Crippen molar-refractivity contribution in [3.05, 3.63) is 12.2 Å². The Bertz CT molecular complexity index is 309. The van der Waals surface area contributed by atoms with E-state index < -0.39 is 0 Å². The predicted molar refractivity (Wildman–Crippen MR) is 59.3 cm³/mol. The third kappa shape index (κ3) is 2.20. The molecule has 1 saturated carbocycles. The van der Waals surface area contributed by atoms with Crippen molar-refractivity contribution in [1.82, 2.24) is 20.1 Å². The zero-order valence-corrected chi connectivity index (χ0v) is 9.66. The highest BCUT2D eigenvalue weighted by molar-refractivity contribution is 4.90. The summed E-state index contributed by atoms with van der Waals surface area (Å²) in [5.74, 6) is 1.01. The van der Waals surface area contributed by atoms with Crippen LogP contribution in [0.15, 0.2) is 6.33 Å². The van der Waals surface area contributed by atoms with Crippen LogP contribution in [0.5, 0.6) is 0 Å². The first-order valence-electron chi connectivity index (χ1n) is 5.79. The maximum Gasteiger partial charge on any atom is 0.140 e. The first-order chi connectivity index (χ1) is 7.26. The van der Waals surface area contributed by atoms with Gasteiger partial charge in [0.2, 0.25) is 0 Å². The molecule has 0 unspecified atom stereocenters. The first-order valence-corrected chi connectivity index (χ1v) is 5.79. The molecule has 0 spiro atoms. The van der Waals surface area contributed by atoms with Crippen molar-refractivity contribution in [2.24, 2.45) is 12.5 Å². The van der Waals surface area contributed by atoms with Gasteiger partial charge in [0.05, 0.1) is 6.54 Å². The van der Waals surface area contributed by atoms with E-state index in [1.165, 1.54) is 25.7 Å². The lowest BCUT2D eigenvalue weighted by atomic mass is 9.67. The third-order valence-corrected chi connectivity index (χ3v) is 3.75. The number of nitrogens with one attached hydrogen (secondary N) is 1. The molecule has 1 N–H and O–H groups in total. The summed E-state index contributed by atoms with van der Waals surface area (Å²) in [6.07, 6.45) is 7.07. The Hall–Kier alpha value is -0.900. The minimum absolute atomic E-state index is 0.582. The summed E-state index contributed by atoms with van der Waals surface area (Å²) < 4.78 is 1.83. The van der Waals surface area contributed by atoms with Crippen LogP contribution in [-0.4, -0.2) is 21.3 Å². The monoisotopic (exact) mass is 208 g/mol. The smallest absolute Gasteiger partial charge is 0.140 e. The van der Waals surface area contributed by atoms with E-state index in [2.05, 4.69) is 22.3 Å². The molecule has 2 rings (SSSR count). The zero-order valence-electron chi connectivity index (χ0n) is 9.66. The third-order valence-electron chi connectivity index (χ3n) is 3.75. The van der Waals surface area contributed by atoms with E-state index in [9.17, 15) is 0 Å². The summed E-state index contributed by atoms with van der Waals surface area (Å²) in [6.45, 7) is 4.25. The summed E-state index contributed by atoms with van der Waals surface area (Å²) in [7, 11) is 1.93. The molecule has 1 heterocycles. The SMILES string of the molecule is CCC1(CNCc2ncnn2C)CCC1. The number of rotatable bonds is 5. The fourth-order valence-corrected chi connectivity index (χ4v) is 2.25. The van der Waals surface area contributed by atoms with Crippen LogP contribution in [0, 0.1) is 5.41 Å². The normalized spacial score (nSPS) is 18.8. The van der Waals surface area contributed by atoms with Crippen molar-refractivity contribution >= 4 is 0 Å². The average molecular weight is 208 g/mol. The maximum atomic E-state index is 4.19. The van der Waals surface area contributed by atoms with Gasteiger partial charge in [-0.2, -0.15) is 5.10 Å². The average Bonchev–Trinajstić information content (AvgIpc) is 2.57. The van der Waals surface area contributed by atoms with E-state index in [0.29, 0.717) is 5.41 Å².